The van der Waals surface area contributed by atoms with Crippen LogP contribution < -0.4 is 0 Å². The molecule has 0 aliphatic heterocycles. The fourth-order valence-corrected chi connectivity index (χ4v) is 2.75. The minimum absolute atomic E-state index is 0.329. The van der Waals surface area contributed by atoms with Gasteiger partial charge in [0.1, 0.15) is 10.0 Å². The first-order chi connectivity index (χ1) is 6.61. The van der Waals surface area contributed by atoms with E-state index in [1.807, 2.05) is 0 Å². The number of aromatic carboxylic acids is 1. The SMILES string of the molecule is Cc1c(C(=O)O)sc2ccnc(Cl)c12. The highest BCUT2D eigenvalue weighted by molar-refractivity contribution is 7.21. The quantitative estimate of drug-likeness (QED) is 0.762. The second-order valence-corrected chi connectivity index (χ2v) is 4.25. The molecule has 2 aromatic heterocycles. The van der Waals surface area contributed by atoms with Crippen LogP contribution in [-0.4, -0.2) is 16.1 Å². The van der Waals surface area contributed by atoms with Gasteiger partial charge in [0.2, 0.25) is 0 Å². The van der Waals surface area contributed by atoms with Crippen LogP contribution in [0.1, 0.15) is 15.2 Å². The molecule has 0 atom stereocenters. The van der Waals surface area contributed by atoms with E-state index in [4.69, 9.17) is 16.7 Å². The molecule has 2 rings (SSSR count). The third-order valence-electron chi connectivity index (χ3n) is 1.99. The molecule has 0 fully saturated rings. The summed E-state index contributed by atoms with van der Waals surface area (Å²) in [6.07, 6.45) is 1.58. The standard InChI is InChI=1S/C9H6ClNO2S/c1-4-6-5(2-3-11-8(6)10)14-7(4)9(12)13/h2-3H,1H3,(H,12,13). The predicted molar refractivity (Wildman–Crippen MR) is 56.3 cm³/mol. The summed E-state index contributed by atoms with van der Waals surface area (Å²) in [5.41, 5.74) is 0.690. The van der Waals surface area contributed by atoms with Crippen LogP contribution in [0.4, 0.5) is 0 Å². The molecular formula is C9H6ClNO2S. The molecule has 2 aromatic rings. The Bertz CT molecular complexity index is 521. The number of carboxylic acid groups (broad SMARTS) is 1. The van der Waals surface area contributed by atoms with Crippen LogP contribution in [0, 0.1) is 6.92 Å². The number of aryl methyl sites for hydroxylation is 1. The molecule has 14 heavy (non-hydrogen) atoms. The van der Waals surface area contributed by atoms with Crippen LogP contribution in [0.5, 0.6) is 0 Å². The van der Waals surface area contributed by atoms with Crippen LogP contribution in [0.3, 0.4) is 0 Å². The molecule has 3 nitrogen and oxygen atoms in total. The van der Waals surface area contributed by atoms with Gasteiger partial charge in [-0.2, -0.15) is 0 Å². The Morgan fingerprint density at radius 1 is 1.64 bits per heavy atom. The van der Waals surface area contributed by atoms with Crippen molar-refractivity contribution in [2.75, 3.05) is 0 Å². The largest absolute Gasteiger partial charge is 0.477 e. The lowest BCUT2D eigenvalue weighted by molar-refractivity contribution is 0.0701. The van der Waals surface area contributed by atoms with Gasteiger partial charge in [0.05, 0.1) is 0 Å². The first kappa shape index (κ1) is 9.43. The lowest BCUT2D eigenvalue weighted by Gasteiger charge is -1.93. The molecule has 0 aromatic carbocycles. The molecule has 0 bridgehead atoms. The highest BCUT2D eigenvalue weighted by atomic mass is 35.5. The lowest BCUT2D eigenvalue weighted by atomic mass is 10.2. The van der Waals surface area contributed by atoms with Gasteiger partial charge in [-0.1, -0.05) is 11.6 Å². The van der Waals surface area contributed by atoms with Crippen molar-refractivity contribution in [2.45, 2.75) is 6.92 Å². The summed E-state index contributed by atoms with van der Waals surface area (Å²) in [4.78, 5) is 15.1. The van der Waals surface area contributed by atoms with E-state index < -0.39 is 5.97 Å². The Labute approximate surface area is 89.0 Å². The van der Waals surface area contributed by atoms with E-state index >= 15 is 0 Å². The number of carbonyl (C=O) groups is 1. The number of rotatable bonds is 1. The maximum Gasteiger partial charge on any atom is 0.346 e. The van der Waals surface area contributed by atoms with Gasteiger partial charge in [-0.25, -0.2) is 9.78 Å². The van der Waals surface area contributed by atoms with E-state index in [0.29, 0.717) is 15.6 Å². The van der Waals surface area contributed by atoms with Crippen molar-refractivity contribution in [2.24, 2.45) is 0 Å². The van der Waals surface area contributed by atoms with Crippen LogP contribution >= 0.6 is 22.9 Å². The Hall–Kier alpha value is -1.13. The molecule has 0 saturated carbocycles. The van der Waals surface area contributed by atoms with Crippen molar-refractivity contribution in [3.8, 4) is 0 Å². The Balaban J connectivity index is 2.87. The first-order valence-corrected chi connectivity index (χ1v) is 5.07. The molecule has 0 aliphatic carbocycles. The molecule has 0 spiro atoms. The van der Waals surface area contributed by atoms with Crippen LogP contribution in [0.15, 0.2) is 12.3 Å². The molecule has 0 unspecified atom stereocenters. The number of halogens is 1. The minimum Gasteiger partial charge on any atom is -0.477 e. The number of fused-ring (bicyclic) bond motifs is 1. The zero-order valence-corrected chi connectivity index (χ0v) is 8.82. The fourth-order valence-electron chi connectivity index (χ4n) is 1.35. The maximum absolute atomic E-state index is 10.8. The average molecular weight is 228 g/mol. The van der Waals surface area contributed by atoms with Gasteiger partial charge in [-0.3, -0.25) is 0 Å². The summed E-state index contributed by atoms with van der Waals surface area (Å²) in [5, 5.41) is 10.0. The summed E-state index contributed by atoms with van der Waals surface area (Å²) in [6, 6.07) is 1.77. The van der Waals surface area contributed by atoms with Crippen molar-refractivity contribution < 1.29 is 9.90 Å². The van der Waals surface area contributed by atoms with Crippen LogP contribution in [0.2, 0.25) is 5.15 Å². The molecule has 1 N–H and O–H groups in total. The van der Waals surface area contributed by atoms with Gasteiger partial charge < -0.3 is 5.11 Å². The van der Waals surface area contributed by atoms with Crippen LogP contribution in [-0.2, 0) is 0 Å². The number of aromatic nitrogens is 1. The Morgan fingerprint density at radius 2 is 2.36 bits per heavy atom. The number of pyridine rings is 1. The molecule has 0 aliphatic rings. The monoisotopic (exact) mass is 227 g/mol. The highest BCUT2D eigenvalue weighted by Gasteiger charge is 2.16. The third-order valence-corrected chi connectivity index (χ3v) is 3.52. The summed E-state index contributed by atoms with van der Waals surface area (Å²) in [5.74, 6) is -0.917. The van der Waals surface area contributed by atoms with Gasteiger partial charge in [-0.15, -0.1) is 11.3 Å². The van der Waals surface area contributed by atoms with Crippen LogP contribution in [0.25, 0.3) is 10.1 Å². The zero-order valence-electron chi connectivity index (χ0n) is 7.24. The number of carboxylic acids is 1. The van der Waals surface area contributed by atoms with Gasteiger partial charge in [0, 0.05) is 16.3 Å². The Kier molecular flexibility index (Phi) is 2.17. The smallest absolute Gasteiger partial charge is 0.346 e. The maximum atomic E-state index is 10.8. The fraction of sp³-hybridized carbons (Fsp3) is 0.111. The normalized spacial score (nSPS) is 10.7. The second kappa shape index (κ2) is 3.22. The average Bonchev–Trinajstić information content (AvgIpc) is 2.45. The van der Waals surface area contributed by atoms with Crippen molar-refractivity contribution >= 4 is 39.0 Å². The number of hydrogen-bond donors (Lipinski definition) is 1. The zero-order chi connectivity index (χ0) is 10.3. The first-order valence-electron chi connectivity index (χ1n) is 3.88. The predicted octanol–water partition coefficient (Wildman–Crippen LogP) is 2.96. The van der Waals surface area contributed by atoms with Crippen molar-refractivity contribution in [1.29, 1.82) is 0 Å². The van der Waals surface area contributed by atoms with E-state index in [1.165, 1.54) is 11.3 Å². The second-order valence-electron chi connectivity index (χ2n) is 2.84. The van der Waals surface area contributed by atoms with E-state index in [0.717, 1.165) is 10.1 Å². The third kappa shape index (κ3) is 1.27. The summed E-state index contributed by atoms with van der Waals surface area (Å²) >= 11 is 7.11. The van der Waals surface area contributed by atoms with Crippen molar-refractivity contribution in [3.63, 3.8) is 0 Å². The topological polar surface area (TPSA) is 50.2 Å². The molecule has 72 valence electrons. The Morgan fingerprint density at radius 3 is 2.93 bits per heavy atom. The van der Waals surface area contributed by atoms with E-state index in [1.54, 1.807) is 19.2 Å². The highest BCUT2D eigenvalue weighted by Crippen LogP contribution is 2.34. The molecule has 5 heteroatoms. The van der Waals surface area contributed by atoms with Gasteiger partial charge in [-0.05, 0) is 18.6 Å². The van der Waals surface area contributed by atoms with Crippen molar-refractivity contribution in [1.82, 2.24) is 4.98 Å². The minimum atomic E-state index is -0.917. The number of hydrogen-bond acceptors (Lipinski definition) is 3. The van der Waals surface area contributed by atoms with E-state index in [9.17, 15) is 4.79 Å². The van der Waals surface area contributed by atoms with Crippen molar-refractivity contribution in [3.05, 3.63) is 27.9 Å². The molecule has 2 heterocycles. The van der Waals surface area contributed by atoms with Gasteiger partial charge >= 0.3 is 5.97 Å². The molecule has 0 saturated heterocycles. The van der Waals surface area contributed by atoms with Gasteiger partial charge in [0.25, 0.3) is 0 Å². The van der Waals surface area contributed by atoms with E-state index in [-0.39, 0.29) is 0 Å². The number of thiophene rings is 1. The summed E-state index contributed by atoms with van der Waals surface area (Å²) in [7, 11) is 0. The van der Waals surface area contributed by atoms with Gasteiger partial charge in [0.15, 0.2) is 0 Å². The molecule has 0 radical (unpaired) electrons. The van der Waals surface area contributed by atoms with E-state index in [2.05, 4.69) is 4.98 Å². The summed E-state index contributed by atoms with van der Waals surface area (Å²) in [6.45, 7) is 1.75. The molecule has 0 amide bonds. The summed E-state index contributed by atoms with van der Waals surface area (Å²) < 4.78 is 0.861. The lowest BCUT2D eigenvalue weighted by Crippen LogP contribution is -1.93. The number of nitrogens with zero attached hydrogens (tertiary/aromatic N) is 1. The molecular weight excluding hydrogens is 222 g/mol.